The molecule has 4 nitrogen and oxygen atoms in total. The van der Waals surface area contributed by atoms with Gasteiger partial charge in [-0.2, -0.15) is 0 Å². The van der Waals surface area contributed by atoms with Crippen LogP contribution in [0, 0.1) is 0 Å². The molecule has 0 atom stereocenters. The largest absolute Gasteiger partial charge is 0.398 e. The van der Waals surface area contributed by atoms with Gasteiger partial charge in [0, 0.05) is 24.1 Å². The van der Waals surface area contributed by atoms with Crippen LogP contribution < -0.4 is 10.6 Å². The number of benzene rings is 1. The molecule has 92 valence electrons. The highest BCUT2D eigenvalue weighted by Crippen LogP contribution is 2.31. The van der Waals surface area contributed by atoms with E-state index in [-0.39, 0.29) is 5.91 Å². The lowest BCUT2D eigenvalue weighted by atomic mass is 9.99. The lowest BCUT2D eigenvalue weighted by molar-refractivity contribution is 0.0981. The maximum Gasteiger partial charge on any atom is 0.274 e. The molecule has 1 aromatic carbocycles. The van der Waals surface area contributed by atoms with Gasteiger partial charge in [-0.05, 0) is 42.7 Å². The van der Waals surface area contributed by atoms with Crippen LogP contribution in [-0.2, 0) is 6.42 Å². The predicted molar refractivity (Wildman–Crippen MR) is 71.6 cm³/mol. The number of aromatic amines is 1. The minimum atomic E-state index is 0.00606. The van der Waals surface area contributed by atoms with Crippen LogP contribution in [0.2, 0.25) is 0 Å². The summed E-state index contributed by atoms with van der Waals surface area (Å²) in [5.74, 6) is 0.00606. The Morgan fingerprint density at radius 3 is 2.94 bits per heavy atom. The number of carbonyl (C=O) groups excluding carboxylic acids is 1. The Balaban J connectivity index is 2.02. The number of anilines is 2. The van der Waals surface area contributed by atoms with Crippen molar-refractivity contribution in [1.29, 1.82) is 0 Å². The van der Waals surface area contributed by atoms with Gasteiger partial charge in [-0.15, -0.1) is 0 Å². The van der Waals surface area contributed by atoms with Crippen molar-refractivity contribution in [1.82, 2.24) is 4.98 Å². The molecule has 18 heavy (non-hydrogen) atoms. The van der Waals surface area contributed by atoms with Crippen LogP contribution in [-0.4, -0.2) is 17.4 Å². The number of hydrogen-bond acceptors (Lipinski definition) is 2. The van der Waals surface area contributed by atoms with Gasteiger partial charge in [0.15, 0.2) is 0 Å². The third-order valence-corrected chi connectivity index (χ3v) is 3.36. The topological polar surface area (TPSA) is 62.1 Å². The number of hydrogen-bond donors (Lipinski definition) is 2. The highest BCUT2D eigenvalue weighted by molar-refractivity contribution is 6.05. The number of carbonyl (C=O) groups is 1. The predicted octanol–water partition coefficient (Wildman–Crippen LogP) is 2.19. The Morgan fingerprint density at radius 2 is 2.17 bits per heavy atom. The summed E-state index contributed by atoms with van der Waals surface area (Å²) in [6, 6.07) is 9.38. The first kappa shape index (κ1) is 10.9. The summed E-state index contributed by atoms with van der Waals surface area (Å²) in [6.45, 7) is 0.744. The highest BCUT2D eigenvalue weighted by atomic mass is 16.2. The van der Waals surface area contributed by atoms with Crippen molar-refractivity contribution in [2.24, 2.45) is 0 Å². The van der Waals surface area contributed by atoms with Gasteiger partial charge in [-0.1, -0.05) is 6.07 Å². The second-order valence-electron chi connectivity index (χ2n) is 4.49. The molecule has 1 amide bonds. The van der Waals surface area contributed by atoms with Crippen molar-refractivity contribution in [3.8, 4) is 0 Å². The monoisotopic (exact) mass is 241 g/mol. The van der Waals surface area contributed by atoms with Gasteiger partial charge >= 0.3 is 0 Å². The maximum atomic E-state index is 12.4. The van der Waals surface area contributed by atoms with E-state index in [9.17, 15) is 4.79 Å². The van der Waals surface area contributed by atoms with Crippen molar-refractivity contribution in [3.63, 3.8) is 0 Å². The van der Waals surface area contributed by atoms with Crippen molar-refractivity contribution >= 4 is 17.3 Å². The first-order valence-corrected chi connectivity index (χ1v) is 6.10. The Hall–Kier alpha value is -2.23. The van der Waals surface area contributed by atoms with E-state index < -0.39 is 0 Å². The number of amides is 1. The molecule has 4 heteroatoms. The molecule has 3 N–H and O–H groups in total. The van der Waals surface area contributed by atoms with E-state index >= 15 is 0 Å². The molecular formula is C14H15N3O. The number of nitrogen functional groups attached to an aromatic ring is 1. The number of nitrogens with zero attached hydrogens (tertiary/aromatic N) is 1. The fourth-order valence-electron chi connectivity index (χ4n) is 2.47. The summed E-state index contributed by atoms with van der Waals surface area (Å²) in [6.07, 6.45) is 3.65. The zero-order valence-electron chi connectivity index (χ0n) is 10.0. The van der Waals surface area contributed by atoms with E-state index in [4.69, 9.17) is 5.73 Å². The van der Waals surface area contributed by atoms with E-state index in [2.05, 4.69) is 4.98 Å². The Bertz CT molecular complexity index is 575. The Kier molecular flexibility index (Phi) is 2.55. The van der Waals surface area contributed by atoms with Gasteiger partial charge in [0.1, 0.15) is 5.69 Å². The average molecular weight is 241 g/mol. The van der Waals surface area contributed by atoms with Crippen molar-refractivity contribution < 1.29 is 4.79 Å². The zero-order valence-corrected chi connectivity index (χ0v) is 10.0. The number of rotatable bonds is 1. The fourth-order valence-corrected chi connectivity index (χ4v) is 2.47. The summed E-state index contributed by atoms with van der Waals surface area (Å²) in [5.41, 5.74) is 9.40. The van der Waals surface area contributed by atoms with E-state index in [1.807, 2.05) is 24.3 Å². The lowest BCUT2D eigenvalue weighted by Gasteiger charge is -2.29. The quantitative estimate of drug-likeness (QED) is 0.752. The molecule has 2 heterocycles. The normalized spacial score (nSPS) is 14.3. The molecule has 1 aliphatic rings. The summed E-state index contributed by atoms with van der Waals surface area (Å²) in [7, 11) is 0. The van der Waals surface area contributed by atoms with Gasteiger partial charge in [-0.3, -0.25) is 4.79 Å². The van der Waals surface area contributed by atoms with Crippen LogP contribution in [0.1, 0.15) is 22.5 Å². The number of H-pyrrole nitrogens is 1. The Morgan fingerprint density at radius 1 is 1.28 bits per heavy atom. The number of fused-ring (bicyclic) bond motifs is 1. The van der Waals surface area contributed by atoms with E-state index in [0.717, 1.165) is 36.3 Å². The molecule has 0 fully saturated rings. The van der Waals surface area contributed by atoms with Crippen LogP contribution >= 0.6 is 0 Å². The minimum Gasteiger partial charge on any atom is -0.398 e. The van der Waals surface area contributed by atoms with Crippen LogP contribution in [0.4, 0.5) is 11.4 Å². The van der Waals surface area contributed by atoms with Crippen molar-refractivity contribution in [2.75, 3.05) is 17.2 Å². The SMILES string of the molecule is Nc1cccc2c1CCCN2C(=O)c1ccc[nH]1. The molecule has 3 rings (SSSR count). The molecule has 0 bridgehead atoms. The van der Waals surface area contributed by atoms with E-state index in [0.29, 0.717) is 5.69 Å². The van der Waals surface area contributed by atoms with Crippen LogP contribution in [0.5, 0.6) is 0 Å². The van der Waals surface area contributed by atoms with Gasteiger partial charge in [0.25, 0.3) is 5.91 Å². The van der Waals surface area contributed by atoms with Gasteiger partial charge in [0.05, 0.1) is 0 Å². The molecule has 0 radical (unpaired) electrons. The second-order valence-corrected chi connectivity index (χ2v) is 4.49. The molecule has 2 aromatic rings. The van der Waals surface area contributed by atoms with E-state index in [1.54, 1.807) is 17.2 Å². The van der Waals surface area contributed by atoms with Gasteiger partial charge < -0.3 is 15.6 Å². The van der Waals surface area contributed by atoms with Crippen molar-refractivity contribution in [2.45, 2.75) is 12.8 Å². The maximum absolute atomic E-state index is 12.4. The van der Waals surface area contributed by atoms with Crippen molar-refractivity contribution in [3.05, 3.63) is 47.8 Å². The molecule has 0 aliphatic carbocycles. The second kappa shape index (κ2) is 4.22. The molecule has 0 saturated carbocycles. The third-order valence-electron chi connectivity index (χ3n) is 3.36. The smallest absolute Gasteiger partial charge is 0.274 e. The molecular weight excluding hydrogens is 226 g/mol. The minimum absolute atomic E-state index is 0.00606. The summed E-state index contributed by atoms with van der Waals surface area (Å²) in [4.78, 5) is 17.2. The Labute approximate surface area is 105 Å². The first-order valence-electron chi connectivity index (χ1n) is 6.10. The number of nitrogens with one attached hydrogen (secondary N) is 1. The van der Waals surface area contributed by atoms with Crippen LogP contribution in [0.15, 0.2) is 36.5 Å². The number of nitrogens with two attached hydrogens (primary N) is 1. The van der Waals surface area contributed by atoms with Gasteiger partial charge in [-0.25, -0.2) is 0 Å². The number of aromatic nitrogens is 1. The standard InChI is InChI=1S/C14H15N3O/c15-11-5-1-7-13-10(11)4-3-9-17(13)14(18)12-6-2-8-16-12/h1-2,5-8,16H,3-4,9,15H2. The first-order chi connectivity index (χ1) is 8.77. The van der Waals surface area contributed by atoms with E-state index in [1.165, 1.54) is 0 Å². The van der Waals surface area contributed by atoms with Crippen LogP contribution in [0.3, 0.4) is 0 Å². The third kappa shape index (κ3) is 1.66. The molecule has 0 spiro atoms. The highest BCUT2D eigenvalue weighted by Gasteiger charge is 2.24. The fraction of sp³-hybridized carbons (Fsp3) is 0.214. The summed E-state index contributed by atoms with van der Waals surface area (Å²) >= 11 is 0. The molecule has 0 unspecified atom stereocenters. The molecule has 0 saturated heterocycles. The zero-order chi connectivity index (χ0) is 12.5. The summed E-state index contributed by atoms with van der Waals surface area (Å²) < 4.78 is 0. The average Bonchev–Trinajstić information content (AvgIpc) is 2.92. The lowest BCUT2D eigenvalue weighted by Crippen LogP contribution is -2.35. The molecule has 1 aromatic heterocycles. The van der Waals surface area contributed by atoms with Crippen LogP contribution in [0.25, 0.3) is 0 Å². The van der Waals surface area contributed by atoms with Gasteiger partial charge in [0.2, 0.25) is 0 Å². The molecule has 1 aliphatic heterocycles. The summed E-state index contributed by atoms with van der Waals surface area (Å²) in [5, 5.41) is 0.